The van der Waals surface area contributed by atoms with Crippen LogP contribution in [0.4, 0.5) is 0 Å². The van der Waals surface area contributed by atoms with Crippen molar-refractivity contribution < 1.29 is 14.3 Å². The van der Waals surface area contributed by atoms with Crippen LogP contribution in [0.1, 0.15) is 44.0 Å². The van der Waals surface area contributed by atoms with E-state index < -0.39 is 6.10 Å². The number of aliphatic hydroxyl groups is 1. The van der Waals surface area contributed by atoms with E-state index in [0.29, 0.717) is 11.7 Å². The van der Waals surface area contributed by atoms with Crippen molar-refractivity contribution in [3.63, 3.8) is 0 Å². The highest BCUT2D eigenvalue weighted by atomic mass is 16.5. The molecule has 102 valence electrons. The predicted octanol–water partition coefficient (Wildman–Crippen LogP) is 4.06. The standard InChI is InChI=1S/C16H20O3/c1-18-13-7-8-14-12(9-13)10-19-16(14)15(17)11-5-3-2-4-6-11/h7-11,15,17H,2-6H2,1H3. The maximum atomic E-state index is 10.5. The van der Waals surface area contributed by atoms with E-state index in [4.69, 9.17) is 9.15 Å². The van der Waals surface area contributed by atoms with E-state index in [2.05, 4.69) is 0 Å². The molecule has 1 fully saturated rings. The number of furan rings is 1. The molecule has 1 N–H and O–H groups in total. The van der Waals surface area contributed by atoms with E-state index in [9.17, 15) is 5.11 Å². The summed E-state index contributed by atoms with van der Waals surface area (Å²) >= 11 is 0. The number of aliphatic hydroxyl groups excluding tert-OH is 1. The maximum Gasteiger partial charge on any atom is 0.140 e. The zero-order valence-electron chi connectivity index (χ0n) is 11.3. The van der Waals surface area contributed by atoms with Crippen LogP contribution in [0.3, 0.4) is 0 Å². The third-order valence-electron chi connectivity index (χ3n) is 4.20. The van der Waals surface area contributed by atoms with Crippen molar-refractivity contribution >= 4 is 10.8 Å². The van der Waals surface area contributed by atoms with Gasteiger partial charge in [0.2, 0.25) is 0 Å². The van der Waals surface area contributed by atoms with Gasteiger partial charge in [0, 0.05) is 10.8 Å². The van der Waals surface area contributed by atoms with Gasteiger partial charge in [0.05, 0.1) is 13.4 Å². The van der Waals surface area contributed by atoms with Crippen molar-refractivity contribution in [2.24, 2.45) is 5.92 Å². The molecule has 1 aliphatic rings. The van der Waals surface area contributed by atoms with Gasteiger partial charge in [-0.3, -0.25) is 0 Å². The number of benzene rings is 1. The van der Waals surface area contributed by atoms with Crippen molar-refractivity contribution in [2.45, 2.75) is 38.2 Å². The number of rotatable bonds is 3. The monoisotopic (exact) mass is 260 g/mol. The SMILES string of the molecule is COc1ccc2c(C(O)C3CCCCC3)occ2c1. The van der Waals surface area contributed by atoms with Crippen molar-refractivity contribution in [3.05, 3.63) is 30.2 Å². The van der Waals surface area contributed by atoms with Gasteiger partial charge in [0.25, 0.3) is 0 Å². The molecule has 3 heteroatoms. The Morgan fingerprint density at radius 3 is 2.79 bits per heavy atom. The van der Waals surface area contributed by atoms with Crippen LogP contribution in [0.5, 0.6) is 5.75 Å². The topological polar surface area (TPSA) is 42.6 Å². The second kappa shape index (κ2) is 5.25. The first kappa shape index (κ1) is 12.5. The van der Waals surface area contributed by atoms with E-state index >= 15 is 0 Å². The van der Waals surface area contributed by atoms with Crippen molar-refractivity contribution in [1.82, 2.24) is 0 Å². The summed E-state index contributed by atoms with van der Waals surface area (Å²) in [6.45, 7) is 0. The van der Waals surface area contributed by atoms with E-state index in [1.807, 2.05) is 18.2 Å². The summed E-state index contributed by atoms with van der Waals surface area (Å²) in [5.74, 6) is 1.86. The highest BCUT2D eigenvalue weighted by molar-refractivity contribution is 5.85. The lowest BCUT2D eigenvalue weighted by Crippen LogP contribution is -2.15. The van der Waals surface area contributed by atoms with Gasteiger partial charge < -0.3 is 14.3 Å². The normalized spacial score (nSPS) is 18.6. The lowest BCUT2D eigenvalue weighted by atomic mass is 9.84. The van der Waals surface area contributed by atoms with Crippen LogP contribution in [-0.2, 0) is 0 Å². The zero-order chi connectivity index (χ0) is 13.2. The first-order valence-corrected chi connectivity index (χ1v) is 7.03. The average molecular weight is 260 g/mol. The zero-order valence-corrected chi connectivity index (χ0v) is 11.3. The fourth-order valence-corrected chi connectivity index (χ4v) is 3.07. The number of methoxy groups -OCH3 is 1. The first-order valence-electron chi connectivity index (χ1n) is 7.03. The molecule has 0 saturated heterocycles. The summed E-state index contributed by atoms with van der Waals surface area (Å²) in [6, 6.07) is 5.82. The van der Waals surface area contributed by atoms with E-state index in [1.165, 1.54) is 19.3 Å². The third kappa shape index (κ3) is 2.35. The molecular weight excluding hydrogens is 240 g/mol. The fraction of sp³-hybridized carbons (Fsp3) is 0.500. The molecule has 0 bridgehead atoms. The molecule has 2 aromatic rings. The Bertz CT molecular complexity index is 552. The van der Waals surface area contributed by atoms with E-state index in [-0.39, 0.29) is 0 Å². The predicted molar refractivity (Wildman–Crippen MR) is 74.3 cm³/mol. The molecule has 1 aromatic carbocycles. The summed E-state index contributed by atoms with van der Waals surface area (Å²) in [7, 11) is 1.65. The molecule has 0 amide bonds. The molecule has 1 saturated carbocycles. The van der Waals surface area contributed by atoms with Gasteiger partial charge in [0.1, 0.15) is 17.6 Å². The van der Waals surface area contributed by atoms with Gasteiger partial charge in [-0.1, -0.05) is 19.3 Å². The summed E-state index contributed by atoms with van der Waals surface area (Å²) in [4.78, 5) is 0. The Balaban J connectivity index is 1.91. The van der Waals surface area contributed by atoms with Crippen LogP contribution in [0.25, 0.3) is 10.8 Å². The van der Waals surface area contributed by atoms with Crippen LogP contribution >= 0.6 is 0 Å². The van der Waals surface area contributed by atoms with Crippen LogP contribution in [0.15, 0.2) is 28.9 Å². The van der Waals surface area contributed by atoms with Crippen LogP contribution in [-0.4, -0.2) is 12.2 Å². The largest absolute Gasteiger partial charge is 0.497 e. The van der Waals surface area contributed by atoms with Gasteiger partial charge >= 0.3 is 0 Å². The molecule has 1 unspecified atom stereocenters. The van der Waals surface area contributed by atoms with Crippen LogP contribution < -0.4 is 4.74 Å². The van der Waals surface area contributed by atoms with E-state index in [1.54, 1.807) is 13.4 Å². The average Bonchev–Trinajstić information content (AvgIpc) is 2.90. The number of fused-ring (bicyclic) bond motifs is 1. The highest BCUT2D eigenvalue weighted by Gasteiger charge is 2.26. The molecule has 0 spiro atoms. The second-order valence-electron chi connectivity index (χ2n) is 5.40. The minimum Gasteiger partial charge on any atom is -0.497 e. The number of ether oxygens (including phenoxy) is 1. The van der Waals surface area contributed by atoms with Gasteiger partial charge in [-0.25, -0.2) is 0 Å². The molecule has 1 aliphatic carbocycles. The molecule has 1 aromatic heterocycles. The maximum absolute atomic E-state index is 10.5. The molecule has 19 heavy (non-hydrogen) atoms. The summed E-state index contributed by atoms with van der Waals surface area (Å²) < 4.78 is 10.8. The molecule has 1 atom stereocenters. The highest BCUT2D eigenvalue weighted by Crippen LogP contribution is 2.38. The summed E-state index contributed by atoms with van der Waals surface area (Å²) in [5.41, 5.74) is 0. The smallest absolute Gasteiger partial charge is 0.140 e. The van der Waals surface area contributed by atoms with Gasteiger partial charge in [-0.2, -0.15) is 0 Å². The van der Waals surface area contributed by atoms with Gasteiger partial charge in [-0.15, -0.1) is 0 Å². The summed E-state index contributed by atoms with van der Waals surface area (Å²) in [5, 5.41) is 12.5. The minimum absolute atomic E-state index is 0.338. The lowest BCUT2D eigenvalue weighted by molar-refractivity contribution is 0.0669. The molecular formula is C16H20O3. The van der Waals surface area contributed by atoms with Crippen molar-refractivity contribution in [3.8, 4) is 5.75 Å². The van der Waals surface area contributed by atoms with Gasteiger partial charge in [0.15, 0.2) is 0 Å². The molecule has 1 heterocycles. The quantitative estimate of drug-likeness (QED) is 0.905. The molecule has 0 aliphatic heterocycles. The Labute approximate surface area is 113 Å². The Morgan fingerprint density at radius 1 is 1.26 bits per heavy atom. The molecule has 3 nitrogen and oxygen atoms in total. The third-order valence-corrected chi connectivity index (χ3v) is 4.20. The Morgan fingerprint density at radius 2 is 2.05 bits per heavy atom. The van der Waals surface area contributed by atoms with Gasteiger partial charge in [-0.05, 0) is 37.0 Å². The van der Waals surface area contributed by atoms with Crippen molar-refractivity contribution in [1.29, 1.82) is 0 Å². The van der Waals surface area contributed by atoms with E-state index in [0.717, 1.165) is 29.4 Å². The Kier molecular flexibility index (Phi) is 3.47. The number of hydrogen-bond donors (Lipinski definition) is 1. The lowest BCUT2D eigenvalue weighted by Gasteiger charge is -2.25. The minimum atomic E-state index is -0.480. The Hall–Kier alpha value is -1.48. The fourth-order valence-electron chi connectivity index (χ4n) is 3.07. The molecule has 0 radical (unpaired) electrons. The van der Waals surface area contributed by atoms with Crippen molar-refractivity contribution in [2.75, 3.05) is 7.11 Å². The van der Waals surface area contributed by atoms with Crippen LogP contribution in [0.2, 0.25) is 0 Å². The first-order chi connectivity index (χ1) is 9.29. The summed E-state index contributed by atoms with van der Waals surface area (Å²) in [6.07, 6.45) is 7.14. The van der Waals surface area contributed by atoms with Crippen LogP contribution in [0, 0.1) is 5.92 Å². The molecule has 3 rings (SSSR count). The number of hydrogen-bond acceptors (Lipinski definition) is 3. The second-order valence-corrected chi connectivity index (χ2v) is 5.40.